The van der Waals surface area contributed by atoms with Gasteiger partial charge < -0.3 is 49.3 Å². The molecule has 0 saturated carbocycles. The Kier molecular flexibility index (Phi) is 32.8. The Morgan fingerprint density at radius 2 is 0.638 bits per heavy atom. The van der Waals surface area contributed by atoms with Gasteiger partial charge in [0.25, 0.3) is 0 Å². The number of nitrogens with one attached hydrogen (secondary N) is 4. The Morgan fingerprint density at radius 1 is 0.394 bits per heavy atom. The van der Waals surface area contributed by atoms with E-state index in [4.69, 9.17) is 9.47 Å². The van der Waals surface area contributed by atoms with Crippen LogP contribution in [0, 0.1) is 90.1 Å². The lowest BCUT2D eigenvalue weighted by atomic mass is 10.0. The SMILES string of the molecule is Cc1c(F)c(F)c(C(=O)OCCNC(=O)C(C)(C)N=NC(C)(C)C(=O)NCCOC(=O)c2c(F)c(F)c(S(=O)(=O)[O-])c(F)c2F)c(F)c1F.Cc1ccc(C(=O)OCCNC(=O)C(C)(C)N=NC(C)(C)C(=O)NCCOC(=O)c2ccc(S(=O)(=O)[O-])cc2)cc1.[CH3+].[CH3+].[CH3+].[CH3+]. The Bertz CT molecular complexity index is 3650. The quantitative estimate of drug-likeness (QED) is 0.00704. The van der Waals surface area contributed by atoms with Crippen LogP contribution in [0.25, 0.3) is 0 Å². The minimum Gasteiger partial charge on any atom is -0.744 e. The summed E-state index contributed by atoms with van der Waals surface area (Å²) in [6.45, 7) is 10.7. The number of halogens is 8. The average molecular weight is 1380 g/mol. The standard InChI is InChI=1S/C27H26F8N4O9S.C27H34N4O9S.4CH3/c1-10-13(28)15(30)11(16(31)14(10)29)22(40)47-8-6-36-24(42)26(2,3)38-39-27(4,5)25(43)37-7-9-48-23(41)12-17(32)19(34)21(49(44,45)46)20(35)18(12)33;1-18-6-8-19(9-7-18)22(32)39-16-14-28-24(34)26(2,3)30-31-27(4,5)25(35)29-15-17-40-23(33)20-10-12-21(13-11-20)41(36,37)38;;;;/h6-9H2,1-5H3,(H,36,42)(H,37,43)(H,44,45,46);6-13H,14-17H2,1-5H3,(H,28,34)(H,29,35)(H,36,37,38);4*1H3/q;;4*+1/p-2. The molecule has 4 aromatic carbocycles. The smallest absolute Gasteiger partial charge is 0.344 e. The Balaban J connectivity index is 0. The molecule has 0 unspecified atom stereocenters. The lowest BCUT2D eigenvalue weighted by Gasteiger charge is -2.22. The van der Waals surface area contributed by atoms with Crippen molar-refractivity contribution in [3.63, 3.8) is 0 Å². The highest BCUT2D eigenvalue weighted by atomic mass is 32.2. The molecule has 0 aliphatic rings. The molecule has 4 rings (SSSR count). The number of rotatable bonds is 26. The second-order valence-corrected chi connectivity index (χ2v) is 23.4. The molecule has 0 heterocycles. The van der Waals surface area contributed by atoms with Crippen LogP contribution >= 0.6 is 0 Å². The van der Waals surface area contributed by atoms with Gasteiger partial charge >= 0.3 is 23.9 Å². The van der Waals surface area contributed by atoms with E-state index in [2.05, 4.69) is 51.2 Å². The highest BCUT2D eigenvalue weighted by Crippen LogP contribution is 2.29. The molecule has 516 valence electrons. The molecular weight excluding hydrogens is 1310 g/mol. The number of carbonyl (C=O) groups is 8. The normalized spacial score (nSPS) is 11.6. The topological polar surface area (TPSA) is 385 Å². The van der Waals surface area contributed by atoms with Crippen LogP contribution in [-0.4, -0.2) is 148 Å². The van der Waals surface area contributed by atoms with Crippen LogP contribution in [0.2, 0.25) is 0 Å². The third kappa shape index (κ3) is 23.6. The van der Waals surface area contributed by atoms with Crippen LogP contribution in [0.4, 0.5) is 35.1 Å². The van der Waals surface area contributed by atoms with Crippen LogP contribution in [0.1, 0.15) is 108 Å². The van der Waals surface area contributed by atoms with E-state index in [9.17, 15) is 99.4 Å². The Hall–Kier alpha value is -9.42. The predicted octanol–water partition coefficient (Wildman–Crippen LogP) is 7.22. The number of ether oxygens (including phenoxy) is 4. The van der Waals surface area contributed by atoms with Gasteiger partial charge in [-0.2, -0.15) is 20.5 Å². The van der Waals surface area contributed by atoms with Crippen molar-refractivity contribution in [2.75, 3.05) is 52.6 Å². The average Bonchev–Trinajstić information content (AvgIpc) is 0.788. The first-order valence-corrected chi connectivity index (χ1v) is 28.7. The van der Waals surface area contributed by atoms with Crippen molar-refractivity contribution in [3.8, 4) is 0 Å². The number of esters is 4. The van der Waals surface area contributed by atoms with Gasteiger partial charge in [-0.15, -0.1) is 0 Å². The van der Waals surface area contributed by atoms with Crippen LogP contribution < -0.4 is 21.3 Å². The van der Waals surface area contributed by atoms with Crippen molar-refractivity contribution in [1.29, 1.82) is 0 Å². The summed E-state index contributed by atoms with van der Waals surface area (Å²) in [7, 11) is -10.6. The molecule has 0 radical (unpaired) electrons. The fraction of sp³-hybridized carbons (Fsp3) is 0.379. The van der Waals surface area contributed by atoms with Crippen LogP contribution in [0.5, 0.6) is 0 Å². The van der Waals surface area contributed by atoms with Crippen molar-refractivity contribution in [1.82, 2.24) is 21.3 Å². The van der Waals surface area contributed by atoms with Crippen molar-refractivity contribution >= 4 is 67.7 Å². The first-order chi connectivity index (χ1) is 41.4. The summed E-state index contributed by atoms with van der Waals surface area (Å²) in [5.74, 6) is -25.7. The van der Waals surface area contributed by atoms with Gasteiger partial charge in [0, 0.05) is 35.3 Å². The predicted molar refractivity (Wildman–Crippen MR) is 316 cm³/mol. The molecule has 26 nitrogen and oxygen atoms in total. The number of amides is 4. The molecule has 0 fully saturated rings. The second kappa shape index (κ2) is 35.6. The maximum Gasteiger partial charge on any atom is 0.344 e. The number of benzene rings is 4. The summed E-state index contributed by atoms with van der Waals surface area (Å²) < 4.78 is 196. The molecule has 4 amide bonds. The van der Waals surface area contributed by atoms with Gasteiger partial charge in [0.2, 0.25) is 23.6 Å². The molecule has 0 spiro atoms. The fourth-order valence-electron chi connectivity index (χ4n) is 6.47. The maximum absolute atomic E-state index is 14.1. The van der Waals surface area contributed by atoms with Crippen LogP contribution in [0.15, 0.2) is 78.8 Å². The molecule has 0 bridgehead atoms. The molecule has 4 aromatic rings. The molecule has 94 heavy (non-hydrogen) atoms. The maximum atomic E-state index is 14.1. The van der Waals surface area contributed by atoms with Crippen LogP contribution in [0.3, 0.4) is 0 Å². The molecule has 4 N–H and O–H groups in total. The van der Waals surface area contributed by atoms with E-state index in [-0.39, 0.29) is 61.6 Å². The largest absolute Gasteiger partial charge is 0.744 e. The van der Waals surface area contributed by atoms with E-state index < -0.39 is 189 Å². The number of carbonyl (C=O) groups excluding carboxylic acids is 8. The minimum absolute atomic E-state index is 0. The van der Waals surface area contributed by atoms with Gasteiger partial charge in [-0.3, -0.25) is 19.2 Å². The zero-order valence-electron chi connectivity index (χ0n) is 53.3. The molecule has 0 aliphatic heterocycles. The van der Waals surface area contributed by atoms with Gasteiger partial charge in [-0.1, -0.05) is 17.7 Å². The molecule has 36 heteroatoms. The number of hydrogen-bond acceptors (Lipinski definition) is 22. The molecular formula is C58H70F8N8O18S2+2. The summed E-state index contributed by atoms with van der Waals surface area (Å²) >= 11 is 0. The summed E-state index contributed by atoms with van der Waals surface area (Å²) in [5, 5.41) is 25.2. The van der Waals surface area contributed by atoms with Crippen molar-refractivity contribution < 1.29 is 118 Å². The van der Waals surface area contributed by atoms with E-state index in [0.29, 0.717) is 5.56 Å². The Morgan fingerprint density at radius 3 is 0.894 bits per heavy atom. The molecule has 0 aliphatic carbocycles. The highest BCUT2D eigenvalue weighted by molar-refractivity contribution is 7.86. The lowest BCUT2D eigenvalue weighted by molar-refractivity contribution is -0.127. The number of aryl methyl sites for hydroxylation is 1. The van der Waals surface area contributed by atoms with Gasteiger partial charge in [0.1, 0.15) is 62.7 Å². The highest BCUT2D eigenvalue weighted by Gasteiger charge is 2.36. The van der Waals surface area contributed by atoms with Crippen LogP contribution in [-0.2, 0) is 58.4 Å². The van der Waals surface area contributed by atoms with Gasteiger partial charge in [0.05, 0.1) is 42.2 Å². The van der Waals surface area contributed by atoms with E-state index in [0.717, 1.165) is 36.8 Å². The van der Waals surface area contributed by atoms with E-state index >= 15 is 0 Å². The number of azo groups is 2. The number of nitrogens with zero attached hydrogens (tertiary/aromatic N) is 4. The van der Waals surface area contributed by atoms with Gasteiger partial charge in [-0.25, -0.2) is 71.1 Å². The van der Waals surface area contributed by atoms with Gasteiger partial charge in [0.15, 0.2) is 68.7 Å². The third-order valence-electron chi connectivity index (χ3n) is 11.8. The van der Waals surface area contributed by atoms with E-state index in [1.165, 1.54) is 55.4 Å². The number of hydrogen-bond donors (Lipinski definition) is 4. The van der Waals surface area contributed by atoms with E-state index in [1.807, 2.05) is 6.92 Å². The molecule has 0 atom stereocenters. The van der Waals surface area contributed by atoms with E-state index in [1.54, 1.807) is 24.3 Å². The fourth-order valence-corrected chi connectivity index (χ4v) is 7.56. The first-order valence-electron chi connectivity index (χ1n) is 25.9. The zero-order valence-corrected chi connectivity index (χ0v) is 54.9. The molecule has 0 aromatic heterocycles. The zero-order chi connectivity index (χ0) is 68.7. The van der Waals surface area contributed by atoms with Crippen molar-refractivity contribution in [3.05, 3.63) is 158 Å². The minimum atomic E-state index is -6.01. The summed E-state index contributed by atoms with van der Waals surface area (Å²) in [5.41, 5.74) is -9.25. The Labute approximate surface area is 537 Å². The summed E-state index contributed by atoms with van der Waals surface area (Å²) in [4.78, 5) is 95.3. The second-order valence-electron chi connectivity index (χ2n) is 20.7. The lowest BCUT2D eigenvalue weighted by Crippen LogP contribution is -2.44. The first kappa shape index (κ1) is 86.6. The molecule has 0 saturated heterocycles. The van der Waals surface area contributed by atoms with Crippen molar-refractivity contribution in [2.45, 2.75) is 101 Å². The van der Waals surface area contributed by atoms with Gasteiger partial charge in [-0.05, 0) is 106 Å². The summed E-state index contributed by atoms with van der Waals surface area (Å²) in [6.07, 6.45) is 0. The third-order valence-corrected chi connectivity index (χ3v) is 13.5. The van der Waals surface area contributed by atoms with Crippen molar-refractivity contribution in [2.24, 2.45) is 20.5 Å². The monoisotopic (exact) mass is 1380 g/mol. The summed E-state index contributed by atoms with van der Waals surface area (Å²) in [6, 6.07) is 11.2.